The minimum absolute atomic E-state index is 0.0251. The number of ether oxygens (including phenoxy) is 1. The van der Waals surface area contributed by atoms with E-state index in [-0.39, 0.29) is 22.8 Å². The van der Waals surface area contributed by atoms with Crippen LogP contribution in [0.1, 0.15) is 49.9 Å². The Kier molecular flexibility index (Phi) is 5.33. The van der Waals surface area contributed by atoms with E-state index in [1.54, 1.807) is 11.8 Å². The number of hydrogen-bond acceptors (Lipinski definition) is 3. The van der Waals surface area contributed by atoms with Crippen LogP contribution in [0.5, 0.6) is 5.75 Å². The molecule has 26 heavy (non-hydrogen) atoms. The van der Waals surface area contributed by atoms with Gasteiger partial charge in [-0.2, -0.15) is 0 Å². The molecule has 0 aliphatic carbocycles. The zero-order chi connectivity index (χ0) is 18.9. The first kappa shape index (κ1) is 18.8. The Hall–Kier alpha value is -1.94. The lowest BCUT2D eigenvalue weighted by Crippen LogP contribution is -2.43. The Balaban J connectivity index is 1.73. The molecule has 0 bridgehead atoms. The molecular weight excluding hydrogens is 342 g/mol. The van der Waals surface area contributed by atoms with Gasteiger partial charge in [0.25, 0.3) is 0 Å². The summed E-state index contributed by atoms with van der Waals surface area (Å²) >= 11 is 1.59. The van der Waals surface area contributed by atoms with Crippen LogP contribution in [-0.2, 0) is 4.79 Å². The Bertz CT molecular complexity index is 798. The molecule has 2 aromatic rings. The fourth-order valence-corrected chi connectivity index (χ4v) is 4.13. The molecule has 4 heteroatoms. The van der Waals surface area contributed by atoms with Crippen molar-refractivity contribution in [1.82, 2.24) is 5.32 Å². The van der Waals surface area contributed by atoms with Gasteiger partial charge in [0.05, 0.1) is 11.3 Å². The second kappa shape index (κ2) is 7.36. The summed E-state index contributed by atoms with van der Waals surface area (Å²) in [5.41, 5.74) is 3.15. The predicted molar refractivity (Wildman–Crippen MR) is 108 cm³/mol. The molecule has 3 rings (SSSR count). The second-order valence-corrected chi connectivity index (χ2v) is 9.16. The minimum Gasteiger partial charge on any atom is -0.487 e. The predicted octanol–water partition coefficient (Wildman–Crippen LogP) is 5.20. The lowest BCUT2D eigenvalue weighted by Gasteiger charge is -2.38. The molecule has 0 saturated heterocycles. The van der Waals surface area contributed by atoms with Gasteiger partial charge in [0, 0.05) is 16.9 Å². The lowest BCUT2D eigenvalue weighted by molar-refractivity contribution is -0.121. The van der Waals surface area contributed by atoms with E-state index in [1.165, 1.54) is 5.56 Å². The van der Waals surface area contributed by atoms with Crippen LogP contribution in [0.3, 0.4) is 0 Å². The summed E-state index contributed by atoms with van der Waals surface area (Å²) in [6, 6.07) is 14.5. The van der Waals surface area contributed by atoms with E-state index >= 15 is 0 Å². The summed E-state index contributed by atoms with van der Waals surface area (Å²) in [4.78, 5) is 13.9. The second-order valence-electron chi connectivity index (χ2n) is 7.74. The van der Waals surface area contributed by atoms with Crippen LogP contribution in [0.25, 0.3) is 0 Å². The van der Waals surface area contributed by atoms with Crippen LogP contribution in [0.2, 0.25) is 0 Å². The third-order valence-electron chi connectivity index (χ3n) is 4.65. The third-order valence-corrected chi connectivity index (χ3v) is 5.76. The average Bonchev–Trinajstić information content (AvgIpc) is 2.55. The van der Waals surface area contributed by atoms with Gasteiger partial charge < -0.3 is 10.1 Å². The number of thioether (sulfide) groups is 1. The topological polar surface area (TPSA) is 38.3 Å². The monoisotopic (exact) mass is 369 g/mol. The summed E-state index contributed by atoms with van der Waals surface area (Å²) in [6.45, 7) is 10.2. The molecule has 1 amide bonds. The number of hydrogen-bond donors (Lipinski definition) is 1. The number of aryl methyl sites for hydroxylation is 2. The number of rotatable bonds is 4. The standard InChI is InChI=1S/C22H27NO2S/c1-14-6-9-17(10-7-14)26-16(3)21(24)23-19-13-22(4,5)25-20-12-15(2)8-11-18(19)20/h6-12,16,19H,13H2,1-5H3,(H,23,24)/t16-,19+/m0/s1. The van der Waals surface area contributed by atoms with Crippen LogP contribution in [0.4, 0.5) is 0 Å². The maximum absolute atomic E-state index is 12.8. The van der Waals surface area contributed by atoms with Crippen molar-refractivity contribution in [2.75, 3.05) is 0 Å². The van der Waals surface area contributed by atoms with Crippen molar-refractivity contribution in [1.29, 1.82) is 0 Å². The van der Waals surface area contributed by atoms with E-state index in [4.69, 9.17) is 4.74 Å². The summed E-state index contributed by atoms with van der Waals surface area (Å²) < 4.78 is 6.12. The number of fused-ring (bicyclic) bond motifs is 1. The van der Waals surface area contributed by atoms with Gasteiger partial charge in [0.1, 0.15) is 11.4 Å². The quantitative estimate of drug-likeness (QED) is 0.753. The van der Waals surface area contributed by atoms with E-state index in [1.807, 2.05) is 6.92 Å². The van der Waals surface area contributed by atoms with Crippen LogP contribution in [0, 0.1) is 13.8 Å². The molecule has 1 aliphatic heterocycles. The summed E-state index contributed by atoms with van der Waals surface area (Å²) in [5, 5.41) is 3.09. The first-order valence-electron chi connectivity index (χ1n) is 9.07. The third kappa shape index (κ3) is 4.42. The van der Waals surface area contributed by atoms with E-state index in [0.29, 0.717) is 0 Å². The molecule has 0 spiro atoms. The van der Waals surface area contributed by atoms with Gasteiger partial charge in [-0.15, -0.1) is 11.8 Å². The van der Waals surface area contributed by atoms with Crippen LogP contribution in [-0.4, -0.2) is 16.8 Å². The smallest absolute Gasteiger partial charge is 0.233 e. The van der Waals surface area contributed by atoms with Crippen molar-refractivity contribution in [3.8, 4) is 5.75 Å². The molecule has 0 fully saturated rings. The largest absolute Gasteiger partial charge is 0.487 e. The van der Waals surface area contributed by atoms with Crippen LogP contribution < -0.4 is 10.1 Å². The summed E-state index contributed by atoms with van der Waals surface area (Å²) in [5.74, 6) is 0.940. The number of benzene rings is 2. The molecule has 1 heterocycles. The fourth-order valence-electron chi connectivity index (χ4n) is 3.25. The molecule has 138 valence electrons. The Morgan fingerprint density at radius 2 is 1.81 bits per heavy atom. The Morgan fingerprint density at radius 1 is 1.15 bits per heavy atom. The van der Waals surface area contributed by atoms with E-state index in [2.05, 4.69) is 75.5 Å². The van der Waals surface area contributed by atoms with Crippen LogP contribution in [0.15, 0.2) is 47.4 Å². The normalized spacial score (nSPS) is 19.2. The number of nitrogens with one attached hydrogen (secondary N) is 1. The van der Waals surface area contributed by atoms with E-state index in [0.717, 1.165) is 28.2 Å². The number of amides is 1. The highest BCUT2D eigenvalue weighted by Crippen LogP contribution is 2.40. The molecule has 1 aliphatic rings. The molecule has 1 N–H and O–H groups in total. The molecule has 0 aromatic heterocycles. The minimum atomic E-state index is -0.300. The first-order chi connectivity index (χ1) is 12.2. The van der Waals surface area contributed by atoms with Crippen molar-refractivity contribution in [3.05, 3.63) is 59.2 Å². The van der Waals surface area contributed by atoms with Gasteiger partial charge in [-0.3, -0.25) is 4.79 Å². The van der Waals surface area contributed by atoms with Gasteiger partial charge in [-0.05, 0) is 58.4 Å². The number of carbonyl (C=O) groups is 1. The zero-order valence-corrected chi connectivity index (χ0v) is 16.9. The molecule has 2 aromatic carbocycles. The van der Waals surface area contributed by atoms with Crippen molar-refractivity contribution in [3.63, 3.8) is 0 Å². The molecular formula is C22H27NO2S. The lowest BCUT2D eigenvalue weighted by atomic mass is 9.89. The van der Waals surface area contributed by atoms with Gasteiger partial charge in [-0.1, -0.05) is 29.8 Å². The van der Waals surface area contributed by atoms with E-state index in [9.17, 15) is 4.79 Å². The SMILES string of the molecule is Cc1ccc(S[C@@H](C)C(=O)N[C@@H]2CC(C)(C)Oc3cc(C)ccc32)cc1. The van der Waals surface area contributed by atoms with Crippen molar-refractivity contribution in [2.45, 2.75) is 62.8 Å². The maximum Gasteiger partial charge on any atom is 0.233 e. The zero-order valence-electron chi connectivity index (χ0n) is 16.1. The number of carbonyl (C=O) groups excluding carboxylic acids is 1. The highest BCUT2D eigenvalue weighted by Gasteiger charge is 2.35. The van der Waals surface area contributed by atoms with Gasteiger partial charge in [0.15, 0.2) is 0 Å². The van der Waals surface area contributed by atoms with Crippen LogP contribution >= 0.6 is 11.8 Å². The Morgan fingerprint density at radius 3 is 2.50 bits per heavy atom. The highest BCUT2D eigenvalue weighted by molar-refractivity contribution is 8.00. The van der Waals surface area contributed by atoms with Crippen molar-refractivity contribution >= 4 is 17.7 Å². The van der Waals surface area contributed by atoms with Gasteiger partial charge in [-0.25, -0.2) is 0 Å². The molecule has 3 nitrogen and oxygen atoms in total. The van der Waals surface area contributed by atoms with Gasteiger partial charge in [0.2, 0.25) is 5.91 Å². The summed E-state index contributed by atoms with van der Waals surface area (Å²) in [6.07, 6.45) is 0.761. The Labute approximate surface area is 160 Å². The summed E-state index contributed by atoms with van der Waals surface area (Å²) in [7, 11) is 0. The van der Waals surface area contributed by atoms with Crippen molar-refractivity contribution < 1.29 is 9.53 Å². The molecule has 2 atom stereocenters. The molecule has 0 radical (unpaired) electrons. The first-order valence-corrected chi connectivity index (χ1v) is 9.95. The molecule has 0 unspecified atom stereocenters. The maximum atomic E-state index is 12.8. The van der Waals surface area contributed by atoms with E-state index < -0.39 is 0 Å². The fraction of sp³-hybridized carbons (Fsp3) is 0.409. The highest BCUT2D eigenvalue weighted by atomic mass is 32.2. The molecule has 0 saturated carbocycles. The van der Waals surface area contributed by atoms with Crippen molar-refractivity contribution in [2.24, 2.45) is 0 Å². The van der Waals surface area contributed by atoms with Gasteiger partial charge >= 0.3 is 0 Å². The average molecular weight is 370 g/mol.